The van der Waals surface area contributed by atoms with Crippen LogP contribution in [0.5, 0.6) is 11.5 Å². The highest BCUT2D eigenvalue weighted by Crippen LogP contribution is 2.26. The third-order valence-electron chi connectivity index (χ3n) is 1.29. The van der Waals surface area contributed by atoms with Crippen molar-refractivity contribution in [2.45, 2.75) is 6.43 Å². The monoisotopic (exact) mass is 192 g/mol. The Hall–Kier alpha value is -1.39. The predicted molar refractivity (Wildman–Crippen MR) is 39.6 cm³/mol. The Balaban J connectivity index is 2.67. The lowest BCUT2D eigenvalue weighted by Gasteiger charge is -2.06. The summed E-state index contributed by atoms with van der Waals surface area (Å²) in [6.45, 7) is -0.820. The van der Waals surface area contributed by atoms with Crippen LogP contribution in [0.2, 0.25) is 0 Å². The Morgan fingerprint density at radius 3 is 2.62 bits per heavy atom. The van der Waals surface area contributed by atoms with Crippen molar-refractivity contribution in [3.05, 3.63) is 24.0 Å². The number of rotatable bonds is 3. The van der Waals surface area contributed by atoms with E-state index in [9.17, 15) is 13.2 Å². The molecular weight excluding hydrogens is 185 g/mol. The van der Waals surface area contributed by atoms with Gasteiger partial charge in [-0.3, -0.25) is 0 Å². The summed E-state index contributed by atoms with van der Waals surface area (Å²) in [5, 5.41) is 8.99. The molecule has 1 aromatic carbocycles. The van der Waals surface area contributed by atoms with Crippen molar-refractivity contribution in [2.24, 2.45) is 0 Å². The van der Waals surface area contributed by atoms with Crippen LogP contribution in [0.3, 0.4) is 0 Å². The van der Waals surface area contributed by atoms with E-state index in [-0.39, 0.29) is 5.75 Å². The van der Waals surface area contributed by atoms with Crippen LogP contribution < -0.4 is 4.74 Å². The van der Waals surface area contributed by atoms with Crippen LogP contribution in [0.4, 0.5) is 13.2 Å². The summed E-state index contributed by atoms with van der Waals surface area (Å²) in [6, 6.07) is 2.90. The van der Waals surface area contributed by atoms with Crippen LogP contribution in [-0.4, -0.2) is 18.1 Å². The topological polar surface area (TPSA) is 29.5 Å². The van der Waals surface area contributed by atoms with Crippen molar-refractivity contribution < 1.29 is 23.0 Å². The number of ether oxygens (including phenoxy) is 1. The van der Waals surface area contributed by atoms with Crippen LogP contribution in [0, 0.1) is 5.82 Å². The molecule has 0 fully saturated rings. The largest absolute Gasteiger partial charge is 0.504 e. The molecule has 0 bridgehead atoms. The molecule has 0 aromatic heterocycles. The Kier molecular flexibility index (Phi) is 3.00. The molecule has 0 unspecified atom stereocenters. The second-order valence-corrected chi connectivity index (χ2v) is 2.31. The molecule has 0 aliphatic rings. The highest BCUT2D eigenvalue weighted by Gasteiger charge is 2.07. The molecule has 1 aromatic rings. The van der Waals surface area contributed by atoms with E-state index < -0.39 is 24.6 Å². The minimum Gasteiger partial charge on any atom is -0.504 e. The minimum absolute atomic E-state index is 0.151. The molecule has 2 nitrogen and oxygen atoms in total. The summed E-state index contributed by atoms with van der Waals surface area (Å²) in [5.41, 5.74) is 0. The van der Waals surface area contributed by atoms with Crippen molar-refractivity contribution in [2.75, 3.05) is 6.61 Å². The predicted octanol–water partition coefficient (Wildman–Crippen LogP) is 2.18. The molecule has 1 rings (SSSR count). The first-order valence-corrected chi connectivity index (χ1v) is 3.49. The molecule has 1 N–H and O–H groups in total. The second kappa shape index (κ2) is 4.02. The van der Waals surface area contributed by atoms with Crippen LogP contribution in [-0.2, 0) is 0 Å². The van der Waals surface area contributed by atoms with Crippen LogP contribution in [0.15, 0.2) is 18.2 Å². The summed E-state index contributed by atoms with van der Waals surface area (Å²) in [7, 11) is 0. The molecule has 0 atom stereocenters. The molecule has 0 aliphatic heterocycles. The van der Waals surface area contributed by atoms with E-state index in [4.69, 9.17) is 5.11 Å². The van der Waals surface area contributed by atoms with Crippen LogP contribution in [0.1, 0.15) is 0 Å². The lowest BCUT2D eigenvalue weighted by Crippen LogP contribution is -2.06. The van der Waals surface area contributed by atoms with Crippen LogP contribution >= 0.6 is 0 Å². The fraction of sp³-hybridized carbons (Fsp3) is 0.250. The number of halogens is 3. The van der Waals surface area contributed by atoms with E-state index in [1.807, 2.05) is 0 Å². The van der Waals surface area contributed by atoms with Gasteiger partial charge in [-0.1, -0.05) is 0 Å². The van der Waals surface area contributed by atoms with Gasteiger partial charge in [-0.05, 0) is 12.1 Å². The Labute approximate surface area is 72.6 Å². The smallest absolute Gasteiger partial charge is 0.272 e. The zero-order valence-corrected chi connectivity index (χ0v) is 6.51. The first-order valence-electron chi connectivity index (χ1n) is 3.49. The molecule has 0 radical (unpaired) electrons. The lowest BCUT2D eigenvalue weighted by molar-refractivity contribution is 0.0805. The fourth-order valence-corrected chi connectivity index (χ4v) is 0.765. The molecule has 13 heavy (non-hydrogen) atoms. The maximum absolute atomic E-state index is 12.4. The summed E-state index contributed by atoms with van der Waals surface area (Å²) in [6.07, 6.45) is -2.62. The van der Waals surface area contributed by atoms with Crippen LogP contribution in [0.25, 0.3) is 0 Å². The van der Waals surface area contributed by atoms with Gasteiger partial charge in [0.2, 0.25) is 0 Å². The van der Waals surface area contributed by atoms with E-state index in [1.165, 1.54) is 0 Å². The van der Waals surface area contributed by atoms with Crippen molar-refractivity contribution in [1.29, 1.82) is 0 Å². The number of hydrogen-bond donors (Lipinski definition) is 1. The van der Waals surface area contributed by atoms with Gasteiger partial charge in [0.25, 0.3) is 6.43 Å². The molecule has 72 valence electrons. The number of hydrogen-bond acceptors (Lipinski definition) is 2. The first kappa shape index (κ1) is 9.70. The quantitative estimate of drug-likeness (QED) is 0.795. The minimum atomic E-state index is -2.62. The molecule has 5 heteroatoms. The van der Waals surface area contributed by atoms with Gasteiger partial charge in [0, 0.05) is 6.07 Å². The SMILES string of the molecule is Oc1cc(F)ccc1OCC(F)F. The Bertz CT molecular complexity index is 289. The maximum Gasteiger partial charge on any atom is 0.272 e. The summed E-state index contributed by atoms with van der Waals surface area (Å²) in [4.78, 5) is 0. The zero-order valence-electron chi connectivity index (χ0n) is 6.51. The van der Waals surface area contributed by atoms with E-state index in [2.05, 4.69) is 4.74 Å². The van der Waals surface area contributed by atoms with Gasteiger partial charge in [0.1, 0.15) is 12.4 Å². The molecule has 0 heterocycles. The Morgan fingerprint density at radius 2 is 2.08 bits per heavy atom. The number of phenolic OH excluding ortho intramolecular Hbond substituents is 1. The van der Waals surface area contributed by atoms with Gasteiger partial charge in [0.15, 0.2) is 11.5 Å². The number of benzene rings is 1. The number of alkyl halides is 2. The van der Waals surface area contributed by atoms with E-state index in [1.54, 1.807) is 0 Å². The summed E-state index contributed by atoms with van der Waals surface area (Å²) >= 11 is 0. The average molecular weight is 192 g/mol. The van der Waals surface area contributed by atoms with Crippen molar-refractivity contribution in [3.63, 3.8) is 0 Å². The second-order valence-electron chi connectivity index (χ2n) is 2.31. The van der Waals surface area contributed by atoms with Crippen molar-refractivity contribution >= 4 is 0 Å². The normalized spacial score (nSPS) is 10.5. The van der Waals surface area contributed by atoms with Crippen molar-refractivity contribution in [1.82, 2.24) is 0 Å². The third-order valence-corrected chi connectivity index (χ3v) is 1.29. The number of aromatic hydroxyl groups is 1. The zero-order chi connectivity index (χ0) is 9.84. The third kappa shape index (κ3) is 2.85. The van der Waals surface area contributed by atoms with Gasteiger partial charge in [-0.25, -0.2) is 13.2 Å². The van der Waals surface area contributed by atoms with Crippen molar-refractivity contribution in [3.8, 4) is 11.5 Å². The first-order chi connectivity index (χ1) is 6.09. The molecule has 0 saturated heterocycles. The highest BCUT2D eigenvalue weighted by atomic mass is 19.3. The number of phenols is 1. The van der Waals surface area contributed by atoms with Gasteiger partial charge >= 0.3 is 0 Å². The lowest BCUT2D eigenvalue weighted by atomic mass is 10.3. The fourth-order valence-electron chi connectivity index (χ4n) is 0.765. The molecule has 0 aliphatic carbocycles. The standard InChI is InChI=1S/C8H7F3O2/c9-5-1-2-7(6(12)3-5)13-4-8(10)11/h1-3,8,12H,4H2. The van der Waals surface area contributed by atoms with Gasteiger partial charge in [-0.15, -0.1) is 0 Å². The Morgan fingerprint density at radius 1 is 1.38 bits per heavy atom. The summed E-state index contributed by atoms with van der Waals surface area (Å²) in [5.74, 6) is -1.29. The molecule has 0 amide bonds. The van der Waals surface area contributed by atoms with E-state index in [0.29, 0.717) is 0 Å². The van der Waals surface area contributed by atoms with E-state index in [0.717, 1.165) is 18.2 Å². The highest BCUT2D eigenvalue weighted by molar-refractivity contribution is 5.38. The molecule has 0 saturated carbocycles. The van der Waals surface area contributed by atoms with E-state index >= 15 is 0 Å². The van der Waals surface area contributed by atoms with Gasteiger partial charge < -0.3 is 9.84 Å². The molecule has 0 spiro atoms. The average Bonchev–Trinajstić information content (AvgIpc) is 2.02. The molecular formula is C8H7F3O2. The van der Waals surface area contributed by atoms with Gasteiger partial charge in [0.05, 0.1) is 0 Å². The maximum atomic E-state index is 12.4. The van der Waals surface area contributed by atoms with Gasteiger partial charge in [-0.2, -0.15) is 0 Å². The summed E-state index contributed by atoms with van der Waals surface area (Å²) < 4.78 is 40.2.